The molecule has 0 fully saturated rings. The van der Waals surface area contributed by atoms with E-state index in [0.29, 0.717) is 16.3 Å². The minimum absolute atomic E-state index is 0.0477. The van der Waals surface area contributed by atoms with Crippen molar-refractivity contribution in [1.82, 2.24) is 10.2 Å². The van der Waals surface area contributed by atoms with E-state index in [0.717, 1.165) is 16.4 Å². The van der Waals surface area contributed by atoms with Crippen LogP contribution in [0.5, 0.6) is 11.5 Å². The lowest BCUT2D eigenvalue weighted by molar-refractivity contribution is -0.139. The molecule has 12 heteroatoms. The largest absolute Gasteiger partial charge is 0.493 e. The standard InChI is InChI=1S/C29H33ClFN3O6S/c1-19(2)32-29(36)20(3)33(17-21-8-6-7-9-25(21)30)28(35)18-34(23-12-10-22(31)11-13-23)41(37,38)24-14-15-26(39-4)27(16-24)40-5/h6-16,19-20H,17-18H2,1-5H3,(H,32,36). The van der Waals surface area contributed by atoms with E-state index >= 15 is 0 Å². The molecule has 0 bridgehead atoms. The van der Waals surface area contributed by atoms with Crippen LogP contribution in [0.2, 0.25) is 5.02 Å². The first-order chi connectivity index (χ1) is 19.4. The van der Waals surface area contributed by atoms with E-state index < -0.39 is 40.2 Å². The second-order valence-corrected chi connectivity index (χ2v) is 11.7. The summed E-state index contributed by atoms with van der Waals surface area (Å²) in [6.07, 6.45) is 0. The number of ether oxygens (including phenoxy) is 2. The van der Waals surface area contributed by atoms with Crippen molar-refractivity contribution in [3.8, 4) is 11.5 Å². The molecule has 0 saturated heterocycles. The Morgan fingerprint density at radius 1 is 0.951 bits per heavy atom. The number of methoxy groups -OCH3 is 2. The topological polar surface area (TPSA) is 105 Å². The van der Waals surface area contributed by atoms with Crippen LogP contribution in [0.25, 0.3) is 0 Å². The molecule has 9 nitrogen and oxygen atoms in total. The van der Waals surface area contributed by atoms with Crippen molar-refractivity contribution >= 4 is 39.1 Å². The van der Waals surface area contributed by atoms with Gasteiger partial charge in [-0.15, -0.1) is 0 Å². The lowest BCUT2D eigenvalue weighted by atomic mass is 10.1. The molecule has 3 aromatic rings. The molecule has 3 aromatic carbocycles. The summed E-state index contributed by atoms with van der Waals surface area (Å²) < 4.78 is 53.1. The van der Waals surface area contributed by atoms with Crippen molar-refractivity contribution in [2.24, 2.45) is 0 Å². The van der Waals surface area contributed by atoms with Gasteiger partial charge in [0, 0.05) is 23.7 Å². The molecule has 1 N–H and O–H groups in total. The van der Waals surface area contributed by atoms with Crippen molar-refractivity contribution in [3.05, 3.63) is 83.1 Å². The Labute approximate surface area is 244 Å². The van der Waals surface area contributed by atoms with E-state index in [2.05, 4.69) is 5.32 Å². The van der Waals surface area contributed by atoms with Crippen LogP contribution in [0, 0.1) is 5.82 Å². The van der Waals surface area contributed by atoms with Crippen LogP contribution < -0.4 is 19.1 Å². The average molecular weight is 606 g/mol. The first-order valence-electron chi connectivity index (χ1n) is 12.7. The summed E-state index contributed by atoms with van der Waals surface area (Å²) >= 11 is 6.36. The van der Waals surface area contributed by atoms with Gasteiger partial charge in [0.25, 0.3) is 10.0 Å². The molecule has 0 heterocycles. The fraction of sp³-hybridized carbons (Fsp3) is 0.310. The molecule has 41 heavy (non-hydrogen) atoms. The van der Waals surface area contributed by atoms with Gasteiger partial charge in [-0.05, 0) is 68.8 Å². The molecular formula is C29H33ClFN3O6S. The molecule has 0 aliphatic heterocycles. The number of rotatable bonds is 12. The van der Waals surface area contributed by atoms with E-state index in [9.17, 15) is 22.4 Å². The van der Waals surface area contributed by atoms with Gasteiger partial charge < -0.3 is 19.7 Å². The zero-order chi connectivity index (χ0) is 30.3. The Kier molecular flexibility index (Phi) is 10.6. The summed E-state index contributed by atoms with van der Waals surface area (Å²) in [5.74, 6) is -1.20. The van der Waals surface area contributed by atoms with Crippen LogP contribution >= 0.6 is 11.6 Å². The zero-order valence-corrected chi connectivity index (χ0v) is 25.0. The van der Waals surface area contributed by atoms with Crippen LogP contribution in [0.1, 0.15) is 26.3 Å². The van der Waals surface area contributed by atoms with Gasteiger partial charge >= 0.3 is 0 Å². The van der Waals surface area contributed by atoms with Gasteiger partial charge in [-0.2, -0.15) is 0 Å². The van der Waals surface area contributed by atoms with E-state index in [4.69, 9.17) is 21.1 Å². The second-order valence-electron chi connectivity index (χ2n) is 9.46. The molecular weight excluding hydrogens is 573 g/mol. The second kappa shape index (κ2) is 13.7. The maximum absolute atomic E-state index is 14.0. The van der Waals surface area contributed by atoms with Crippen molar-refractivity contribution in [3.63, 3.8) is 0 Å². The maximum Gasteiger partial charge on any atom is 0.264 e. The Morgan fingerprint density at radius 2 is 1.59 bits per heavy atom. The van der Waals surface area contributed by atoms with Crippen LogP contribution in [-0.2, 0) is 26.2 Å². The number of nitrogens with one attached hydrogen (secondary N) is 1. The number of amides is 2. The third-order valence-electron chi connectivity index (χ3n) is 6.23. The molecule has 220 valence electrons. The van der Waals surface area contributed by atoms with Gasteiger partial charge in [-0.1, -0.05) is 29.8 Å². The van der Waals surface area contributed by atoms with E-state index in [-0.39, 0.29) is 28.9 Å². The first-order valence-corrected chi connectivity index (χ1v) is 14.5. The Bertz CT molecular complexity index is 1480. The van der Waals surface area contributed by atoms with E-state index in [1.807, 2.05) is 0 Å². The third kappa shape index (κ3) is 7.68. The highest BCUT2D eigenvalue weighted by atomic mass is 35.5. The van der Waals surface area contributed by atoms with Gasteiger partial charge in [-0.3, -0.25) is 13.9 Å². The molecule has 0 radical (unpaired) electrons. The summed E-state index contributed by atoms with van der Waals surface area (Å²) in [4.78, 5) is 28.0. The minimum Gasteiger partial charge on any atom is -0.493 e. The maximum atomic E-state index is 14.0. The van der Waals surface area contributed by atoms with E-state index in [1.54, 1.807) is 45.0 Å². The molecule has 1 atom stereocenters. The van der Waals surface area contributed by atoms with Crippen LogP contribution in [-0.4, -0.2) is 58.0 Å². The molecule has 0 aliphatic carbocycles. The molecule has 0 spiro atoms. The van der Waals surface area contributed by atoms with Gasteiger partial charge in [-0.25, -0.2) is 12.8 Å². The number of halogens is 2. The summed E-state index contributed by atoms with van der Waals surface area (Å²) in [7, 11) is -1.61. The number of hydrogen-bond acceptors (Lipinski definition) is 6. The van der Waals surface area contributed by atoms with Gasteiger partial charge in [0.05, 0.1) is 24.8 Å². The number of nitrogens with zero attached hydrogens (tertiary/aromatic N) is 2. The van der Waals surface area contributed by atoms with Crippen LogP contribution in [0.3, 0.4) is 0 Å². The summed E-state index contributed by atoms with van der Waals surface area (Å²) in [6.45, 7) is 4.38. The van der Waals surface area contributed by atoms with Crippen LogP contribution in [0.15, 0.2) is 71.6 Å². The van der Waals surface area contributed by atoms with Crippen LogP contribution in [0.4, 0.5) is 10.1 Å². The third-order valence-corrected chi connectivity index (χ3v) is 8.37. The van der Waals surface area contributed by atoms with E-state index in [1.165, 1.54) is 49.5 Å². The molecule has 0 saturated carbocycles. The average Bonchev–Trinajstić information content (AvgIpc) is 2.94. The van der Waals surface area contributed by atoms with Gasteiger partial charge in [0.2, 0.25) is 11.8 Å². The normalized spacial score (nSPS) is 12.0. The quantitative estimate of drug-likeness (QED) is 0.323. The predicted molar refractivity (Wildman–Crippen MR) is 155 cm³/mol. The first kappa shape index (κ1) is 31.7. The number of anilines is 1. The Hall–Kier alpha value is -3.83. The number of carbonyl (C=O) groups excluding carboxylic acids is 2. The number of benzene rings is 3. The molecule has 0 aliphatic rings. The summed E-state index contributed by atoms with van der Waals surface area (Å²) in [6, 6.07) is 14.4. The number of sulfonamides is 1. The number of carbonyl (C=O) groups is 2. The fourth-order valence-corrected chi connectivity index (χ4v) is 5.66. The predicted octanol–water partition coefficient (Wildman–Crippen LogP) is 4.63. The summed E-state index contributed by atoms with van der Waals surface area (Å²) in [5.41, 5.74) is 0.620. The lowest BCUT2D eigenvalue weighted by Gasteiger charge is -2.32. The molecule has 2 amide bonds. The Balaban J connectivity index is 2.08. The lowest BCUT2D eigenvalue weighted by Crippen LogP contribution is -2.52. The molecule has 0 aromatic heterocycles. The van der Waals surface area contributed by atoms with Crippen molar-refractivity contribution in [1.29, 1.82) is 0 Å². The fourth-order valence-electron chi connectivity index (χ4n) is 4.04. The van der Waals surface area contributed by atoms with Crippen molar-refractivity contribution in [2.45, 2.75) is 44.3 Å². The highest BCUT2D eigenvalue weighted by Crippen LogP contribution is 2.32. The van der Waals surface area contributed by atoms with Crippen molar-refractivity contribution in [2.75, 3.05) is 25.1 Å². The minimum atomic E-state index is -4.40. The summed E-state index contributed by atoms with van der Waals surface area (Å²) in [5, 5.41) is 3.17. The SMILES string of the molecule is COc1ccc(S(=O)(=O)N(CC(=O)N(Cc2ccccc2Cl)C(C)C(=O)NC(C)C)c2ccc(F)cc2)cc1OC. The smallest absolute Gasteiger partial charge is 0.264 e. The molecule has 1 unspecified atom stereocenters. The zero-order valence-electron chi connectivity index (χ0n) is 23.4. The monoisotopic (exact) mass is 605 g/mol. The highest BCUT2D eigenvalue weighted by Gasteiger charge is 2.33. The molecule has 3 rings (SSSR count). The van der Waals surface area contributed by atoms with Gasteiger partial charge in [0.1, 0.15) is 18.4 Å². The van der Waals surface area contributed by atoms with Gasteiger partial charge in [0.15, 0.2) is 11.5 Å². The highest BCUT2D eigenvalue weighted by molar-refractivity contribution is 7.92. The number of hydrogen-bond donors (Lipinski definition) is 1. The van der Waals surface area contributed by atoms with Crippen molar-refractivity contribution < 1.29 is 31.9 Å². The Morgan fingerprint density at radius 3 is 2.17 bits per heavy atom.